The molecular weight excluding hydrogens is 284 g/mol. The summed E-state index contributed by atoms with van der Waals surface area (Å²) in [5.74, 6) is 0.831. The second kappa shape index (κ2) is 8.83. The first kappa shape index (κ1) is 16.9. The van der Waals surface area contributed by atoms with Gasteiger partial charge in [0.25, 0.3) is 0 Å². The molecule has 0 aliphatic rings. The number of hydrogen-bond donors (Lipinski definition) is 2. The van der Waals surface area contributed by atoms with E-state index in [2.05, 4.69) is 69.1 Å². The Hall–Kier alpha value is -2.49. The van der Waals surface area contributed by atoms with E-state index in [4.69, 9.17) is 0 Å². The molecule has 0 saturated carbocycles. The monoisotopic (exact) mass is 310 g/mol. The molecule has 0 aromatic heterocycles. The van der Waals surface area contributed by atoms with Crippen LogP contribution in [-0.4, -0.2) is 33.6 Å². The van der Waals surface area contributed by atoms with Crippen LogP contribution in [0.25, 0.3) is 0 Å². The van der Waals surface area contributed by atoms with E-state index in [1.54, 1.807) is 7.05 Å². The third kappa shape index (κ3) is 5.66. The molecule has 0 amide bonds. The van der Waals surface area contributed by atoms with Gasteiger partial charge in [0.1, 0.15) is 0 Å². The summed E-state index contributed by atoms with van der Waals surface area (Å²) in [5, 5.41) is 6.69. The summed E-state index contributed by atoms with van der Waals surface area (Å²) in [6.07, 6.45) is 0.985. The zero-order chi connectivity index (χ0) is 16.5. The molecule has 2 rings (SSSR count). The van der Waals surface area contributed by atoms with Gasteiger partial charge in [0.05, 0.1) is 0 Å². The Bertz CT molecular complexity index is 603. The van der Waals surface area contributed by atoms with Crippen molar-refractivity contribution in [2.45, 2.75) is 13.0 Å². The van der Waals surface area contributed by atoms with Crippen molar-refractivity contribution in [1.29, 1.82) is 0 Å². The second-order valence-corrected chi connectivity index (χ2v) is 5.65. The molecule has 4 nitrogen and oxygen atoms in total. The van der Waals surface area contributed by atoms with Crippen LogP contribution in [0.2, 0.25) is 0 Å². The van der Waals surface area contributed by atoms with Crippen LogP contribution in [0.3, 0.4) is 0 Å². The van der Waals surface area contributed by atoms with E-state index in [0.717, 1.165) is 25.5 Å². The van der Waals surface area contributed by atoms with Gasteiger partial charge < -0.3 is 15.5 Å². The Labute approximate surface area is 139 Å². The van der Waals surface area contributed by atoms with Gasteiger partial charge in [-0.1, -0.05) is 42.5 Å². The van der Waals surface area contributed by atoms with Gasteiger partial charge in [-0.2, -0.15) is 0 Å². The predicted molar refractivity (Wildman–Crippen MR) is 99.1 cm³/mol. The van der Waals surface area contributed by atoms with Gasteiger partial charge in [0.15, 0.2) is 5.96 Å². The molecule has 0 fully saturated rings. The number of nitrogens with zero attached hydrogens (tertiary/aromatic N) is 2. The third-order valence-corrected chi connectivity index (χ3v) is 3.69. The number of hydrogen-bond acceptors (Lipinski definition) is 2. The maximum absolute atomic E-state index is 4.27. The fourth-order valence-corrected chi connectivity index (χ4v) is 2.29. The molecule has 2 N–H and O–H groups in total. The lowest BCUT2D eigenvalue weighted by Crippen LogP contribution is -2.37. The molecule has 23 heavy (non-hydrogen) atoms. The molecule has 2 aromatic rings. The average molecular weight is 310 g/mol. The molecule has 0 saturated heterocycles. The van der Waals surface area contributed by atoms with Gasteiger partial charge >= 0.3 is 0 Å². The zero-order valence-corrected chi connectivity index (χ0v) is 14.2. The SMILES string of the molecule is CN=C(NCCc1ccccc1)NCc1ccc(N(C)C)cc1. The first-order chi connectivity index (χ1) is 11.2. The van der Waals surface area contributed by atoms with E-state index in [1.165, 1.54) is 16.8 Å². The molecule has 122 valence electrons. The van der Waals surface area contributed by atoms with Gasteiger partial charge in [-0.3, -0.25) is 4.99 Å². The minimum absolute atomic E-state index is 0.763. The summed E-state index contributed by atoms with van der Waals surface area (Å²) in [7, 11) is 5.89. The standard InChI is InChI=1S/C19H26N4/c1-20-19(21-14-13-16-7-5-4-6-8-16)22-15-17-9-11-18(12-10-17)23(2)3/h4-12H,13-15H2,1-3H3,(H2,20,21,22). The lowest BCUT2D eigenvalue weighted by molar-refractivity contribution is 0.794. The van der Waals surface area contributed by atoms with Crippen molar-refractivity contribution in [2.75, 3.05) is 32.6 Å². The third-order valence-electron chi connectivity index (χ3n) is 3.69. The fraction of sp³-hybridized carbons (Fsp3) is 0.316. The van der Waals surface area contributed by atoms with E-state index in [-0.39, 0.29) is 0 Å². The van der Waals surface area contributed by atoms with Gasteiger partial charge in [0.2, 0.25) is 0 Å². The van der Waals surface area contributed by atoms with Gasteiger partial charge in [-0.15, -0.1) is 0 Å². The maximum Gasteiger partial charge on any atom is 0.191 e. The lowest BCUT2D eigenvalue weighted by Gasteiger charge is -2.14. The maximum atomic E-state index is 4.27. The van der Waals surface area contributed by atoms with Gasteiger partial charge in [-0.05, 0) is 29.7 Å². The number of aliphatic imine (C=N–C) groups is 1. The fourth-order valence-electron chi connectivity index (χ4n) is 2.29. The Morgan fingerprint density at radius 1 is 0.913 bits per heavy atom. The molecule has 0 spiro atoms. The van der Waals surface area contributed by atoms with E-state index >= 15 is 0 Å². The van der Waals surface area contributed by atoms with Gasteiger partial charge in [0, 0.05) is 39.9 Å². The highest BCUT2D eigenvalue weighted by molar-refractivity contribution is 5.79. The molecule has 0 radical (unpaired) electrons. The van der Waals surface area contributed by atoms with Crippen molar-refractivity contribution in [3.8, 4) is 0 Å². The highest BCUT2D eigenvalue weighted by Gasteiger charge is 2.00. The molecule has 0 aliphatic carbocycles. The van der Waals surface area contributed by atoms with Crippen LogP contribution in [0.15, 0.2) is 59.6 Å². The molecule has 0 heterocycles. The van der Waals surface area contributed by atoms with E-state index in [1.807, 2.05) is 20.2 Å². The minimum Gasteiger partial charge on any atom is -0.378 e. The first-order valence-corrected chi connectivity index (χ1v) is 7.94. The number of anilines is 1. The van der Waals surface area contributed by atoms with Crippen molar-refractivity contribution in [3.63, 3.8) is 0 Å². The van der Waals surface area contributed by atoms with Crippen LogP contribution in [0.1, 0.15) is 11.1 Å². The summed E-state index contributed by atoms with van der Waals surface area (Å²) >= 11 is 0. The molecule has 0 aliphatic heterocycles. The van der Waals surface area contributed by atoms with Crippen molar-refractivity contribution in [1.82, 2.24) is 10.6 Å². The smallest absolute Gasteiger partial charge is 0.191 e. The number of nitrogens with one attached hydrogen (secondary N) is 2. The predicted octanol–water partition coefficient (Wildman–Crippen LogP) is 2.66. The molecule has 0 unspecified atom stereocenters. The molecular formula is C19H26N4. The first-order valence-electron chi connectivity index (χ1n) is 7.94. The minimum atomic E-state index is 0.763. The largest absolute Gasteiger partial charge is 0.378 e. The van der Waals surface area contributed by atoms with Crippen LogP contribution < -0.4 is 15.5 Å². The lowest BCUT2D eigenvalue weighted by atomic mass is 10.1. The highest BCUT2D eigenvalue weighted by atomic mass is 15.2. The van der Waals surface area contributed by atoms with Crippen LogP contribution in [-0.2, 0) is 13.0 Å². The zero-order valence-electron chi connectivity index (χ0n) is 14.2. The van der Waals surface area contributed by atoms with Crippen molar-refractivity contribution in [2.24, 2.45) is 4.99 Å². The van der Waals surface area contributed by atoms with E-state index in [9.17, 15) is 0 Å². The molecule has 0 bridgehead atoms. The number of benzene rings is 2. The van der Waals surface area contributed by atoms with Crippen LogP contribution in [0.4, 0.5) is 5.69 Å². The van der Waals surface area contributed by atoms with Crippen molar-refractivity contribution < 1.29 is 0 Å². The van der Waals surface area contributed by atoms with Crippen molar-refractivity contribution in [3.05, 3.63) is 65.7 Å². The molecule has 2 aromatic carbocycles. The Morgan fingerprint density at radius 3 is 2.22 bits per heavy atom. The van der Waals surface area contributed by atoms with Crippen molar-refractivity contribution >= 4 is 11.6 Å². The number of rotatable bonds is 6. The Balaban J connectivity index is 1.76. The Kier molecular flexibility index (Phi) is 6.48. The topological polar surface area (TPSA) is 39.7 Å². The number of guanidine groups is 1. The second-order valence-electron chi connectivity index (χ2n) is 5.65. The van der Waals surface area contributed by atoms with Crippen LogP contribution >= 0.6 is 0 Å². The van der Waals surface area contributed by atoms with E-state index in [0.29, 0.717) is 0 Å². The molecule has 4 heteroatoms. The normalized spacial score (nSPS) is 11.2. The average Bonchev–Trinajstić information content (AvgIpc) is 2.59. The quantitative estimate of drug-likeness (QED) is 0.636. The van der Waals surface area contributed by atoms with Crippen LogP contribution in [0.5, 0.6) is 0 Å². The van der Waals surface area contributed by atoms with E-state index < -0.39 is 0 Å². The summed E-state index contributed by atoms with van der Waals surface area (Å²) < 4.78 is 0. The summed E-state index contributed by atoms with van der Waals surface area (Å²) in [4.78, 5) is 6.36. The summed E-state index contributed by atoms with van der Waals surface area (Å²) in [5.41, 5.74) is 3.77. The molecule has 0 atom stereocenters. The van der Waals surface area contributed by atoms with Gasteiger partial charge in [-0.25, -0.2) is 0 Å². The highest BCUT2D eigenvalue weighted by Crippen LogP contribution is 2.11. The summed E-state index contributed by atoms with van der Waals surface area (Å²) in [6.45, 7) is 1.63. The summed E-state index contributed by atoms with van der Waals surface area (Å²) in [6, 6.07) is 19.0. The Morgan fingerprint density at radius 2 is 1.61 bits per heavy atom. The van der Waals surface area contributed by atoms with Crippen LogP contribution in [0, 0.1) is 0 Å².